The fourth-order valence-electron chi connectivity index (χ4n) is 1.50. The van der Waals surface area contributed by atoms with Crippen molar-refractivity contribution in [3.63, 3.8) is 0 Å². The predicted molar refractivity (Wildman–Crippen MR) is 70.4 cm³/mol. The first-order valence-corrected chi connectivity index (χ1v) is 6.16. The summed E-state index contributed by atoms with van der Waals surface area (Å²) in [7, 11) is 0. The minimum atomic E-state index is -2.80. The fourth-order valence-corrected chi connectivity index (χ4v) is 1.50. The molecule has 0 amide bonds. The molecule has 0 aromatic heterocycles. The second kappa shape index (κ2) is 9.47. The van der Waals surface area contributed by atoms with E-state index in [2.05, 4.69) is 16.6 Å². The van der Waals surface area contributed by atoms with Crippen LogP contribution in [0.5, 0.6) is 5.75 Å². The zero-order chi connectivity index (χ0) is 13.9. The van der Waals surface area contributed by atoms with Crippen LogP contribution >= 0.6 is 0 Å². The molecule has 1 N–H and O–H groups in total. The Labute approximate surface area is 112 Å². The van der Waals surface area contributed by atoms with Gasteiger partial charge in [0.15, 0.2) is 0 Å². The van der Waals surface area contributed by atoms with Gasteiger partial charge in [0.25, 0.3) is 0 Å². The van der Waals surface area contributed by atoms with E-state index in [0.717, 1.165) is 6.42 Å². The van der Waals surface area contributed by atoms with Crippen molar-refractivity contribution >= 4 is 0 Å². The average Bonchev–Trinajstić information content (AvgIpc) is 2.39. The molecule has 0 aliphatic carbocycles. The third kappa shape index (κ3) is 6.88. The van der Waals surface area contributed by atoms with Crippen molar-refractivity contribution in [2.45, 2.75) is 19.6 Å². The number of alkyl halides is 2. The summed E-state index contributed by atoms with van der Waals surface area (Å²) in [6.07, 6.45) is 2.62. The first kappa shape index (κ1) is 15.6. The molecule has 0 spiro atoms. The lowest BCUT2D eigenvalue weighted by Gasteiger charge is -2.11. The molecule has 19 heavy (non-hydrogen) atoms. The largest absolute Gasteiger partial charge is 0.434 e. The molecule has 0 fully saturated rings. The van der Waals surface area contributed by atoms with Crippen molar-refractivity contribution in [3.8, 4) is 5.75 Å². The van der Waals surface area contributed by atoms with E-state index in [9.17, 15) is 8.78 Å². The Hall–Kier alpha value is -1.46. The third-order valence-electron chi connectivity index (χ3n) is 2.39. The van der Waals surface area contributed by atoms with Crippen molar-refractivity contribution in [1.82, 2.24) is 5.32 Å². The Morgan fingerprint density at radius 3 is 2.79 bits per heavy atom. The number of hydrogen-bond acceptors (Lipinski definition) is 3. The van der Waals surface area contributed by atoms with E-state index in [1.54, 1.807) is 24.3 Å². The summed E-state index contributed by atoms with van der Waals surface area (Å²) in [5.41, 5.74) is 0.703. The van der Waals surface area contributed by atoms with Crippen molar-refractivity contribution < 1.29 is 18.3 Å². The molecule has 0 bridgehead atoms. The SMILES string of the molecule is C=CCCOCCNCc1ccccc1OC(F)F. The number of halogens is 2. The fraction of sp³-hybridized carbons (Fsp3) is 0.429. The first-order valence-electron chi connectivity index (χ1n) is 6.16. The third-order valence-corrected chi connectivity index (χ3v) is 2.39. The molecule has 0 saturated heterocycles. The number of ether oxygens (including phenoxy) is 2. The Kier molecular flexibility index (Phi) is 7.77. The van der Waals surface area contributed by atoms with E-state index in [1.807, 2.05) is 0 Å². The first-order chi connectivity index (χ1) is 9.24. The highest BCUT2D eigenvalue weighted by Gasteiger charge is 2.08. The van der Waals surface area contributed by atoms with Gasteiger partial charge < -0.3 is 14.8 Å². The van der Waals surface area contributed by atoms with Gasteiger partial charge in [0, 0.05) is 18.7 Å². The smallest absolute Gasteiger partial charge is 0.387 e. The lowest BCUT2D eigenvalue weighted by atomic mass is 10.2. The number of benzene rings is 1. The molecule has 0 aliphatic heterocycles. The quantitative estimate of drug-likeness (QED) is 0.524. The summed E-state index contributed by atoms with van der Waals surface area (Å²) in [6.45, 7) is 3.14. The van der Waals surface area contributed by atoms with Gasteiger partial charge in [0.1, 0.15) is 5.75 Å². The van der Waals surface area contributed by atoms with E-state index in [4.69, 9.17) is 4.74 Å². The highest BCUT2D eigenvalue weighted by Crippen LogP contribution is 2.19. The summed E-state index contributed by atoms with van der Waals surface area (Å²) in [4.78, 5) is 0. The summed E-state index contributed by atoms with van der Waals surface area (Å²) >= 11 is 0. The maximum atomic E-state index is 12.2. The van der Waals surface area contributed by atoms with Crippen LogP contribution in [0.1, 0.15) is 12.0 Å². The number of rotatable bonds is 10. The topological polar surface area (TPSA) is 30.5 Å². The zero-order valence-electron chi connectivity index (χ0n) is 10.8. The van der Waals surface area contributed by atoms with Gasteiger partial charge in [-0.05, 0) is 12.5 Å². The molecule has 0 saturated carbocycles. The van der Waals surface area contributed by atoms with Crippen molar-refractivity contribution in [3.05, 3.63) is 42.5 Å². The van der Waals surface area contributed by atoms with Crippen LogP contribution in [0.2, 0.25) is 0 Å². The normalized spacial score (nSPS) is 10.7. The minimum absolute atomic E-state index is 0.206. The van der Waals surface area contributed by atoms with Crippen LogP contribution < -0.4 is 10.1 Å². The van der Waals surface area contributed by atoms with Gasteiger partial charge in [-0.15, -0.1) is 6.58 Å². The van der Waals surface area contributed by atoms with Gasteiger partial charge in [0.2, 0.25) is 0 Å². The lowest BCUT2D eigenvalue weighted by molar-refractivity contribution is -0.0505. The maximum absolute atomic E-state index is 12.2. The minimum Gasteiger partial charge on any atom is -0.434 e. The molecular formula is C14H19F2NO2. The van der Waals surface area contributed by atoms with Crippen molar-refractivity contribution in [2.24, 2.45) is 0 Å². The Morgan fingerprint density at radius 2 is 2.05 bits per heavy atom. The van der Waals surface area contributed by atoms with Crippen LogP contribution in [0.15, 0.2) is 36.9 Å². The molecule has 0 radical (unpaired) electrons. The van der Waals surface area contributed by atoms with Crippen LogP contribution in [0.4, 0.5) is 8.78 Å². The van der Waals surface area contributed by atoms with E-state index in [1.165, 1.54) is 6.07 Å². The van der Waals surface area contributed by atoms with Gasteiger partial charge in [0.05, 0.1) is 13.2 Å². The molecule has 5 heteroatoms. The van der Waals surface area contributed by atoms with Crippen LogP contribution in [-0.4, -0.2) is 26.4 Å². The molecule has 0 atom stereocenters. The average molecular weight is 271 g/mol. The zero-order valence-corrected chi connectivity index (χ0v) is 10.8. The van der Waals surface area contributed by atoms with Crippen molar-refractivity contribution in [2.75, 3.05) is 19.8 Å². The summed E-state index contributed by atoms with van der Waals surface area (Å²) in [6, 6.07) is 6.74. The van der Waals surface area contributed by atoms with Gasteiger partial charge in [-0.25, -0.2) is 0 Å². The highest BCUT2D eigenvalue weighted by atomic mass is 19.3. The van der Waals surface area contributed by atoms with E-state index >= 15 is 0 Å². The van der Waals surface area contributed by atoms with Gasteiger partial charge >= 0.3 is 6.61 Å². The van der Waals surface area contributed by atoms with Crippen LogP contribution in [-0.2, 0) is 11.3 Å². The number of hydrogen-bond donors (Lipinski definition) is 1. The van der Waals surface area contributed by atoms with Crippen LogP contribution in [0.3, 0.4) is 0 Å². The molecular weight excluding hydrogens is 252 g/mol. The number of nitrogens with one attached hydrogen (secondary N) is 1. The monoisotopic (exact) mass is 271 g/mol. The molecule has 1 aromatic carbocycles. The summed E-state index contributed by atoms with van der Waals surface area (Å²) in [5, 5.41) is 3.12. The molecule has 106 valence electrons. The molecule has 1 aromatic rings. The number of para-hydroxylation sites is 1. The lowest BCUT2D eigenvalue weighted by Crippen LogP contribution is -2.20. The Morgan fingerprint density at radius 1 is 1.26 bits per heavy atom. The standard InChI is InChI=1S/C14H19F2NO2/c1-2-3-9-18-10-8-17-11-12-6-4-5-7-13(12)19-14(15)16/h2,4-7,14,17H,1,3,8-11H2. The van der Waals surface area contributed by atoms with Crippen LogP contribution in [0.25, 0.3) is 0 Å². The van der Waals surface area contributed by atoms with E-state index in [0.29, 0.717) is 31.9 Å². The van der Waals surface area contributed by atoms with Gasteiger partial charge in [-0.3, -0.25) is 0 Å². The van der Waals surface area contributed by atoms with Crippen LogP contribution in [0, 0.1) is 0 Å². The Bertz CT molecular complexity index is 372. The van der Waals surface area contributed by atoms with E-state index < -0.39 is 6.61 Å². The summed E-state index contributed by atoms with van der Waals surface area (Å²) in [5.74, 6) is 0.206. The molecule has 3 nitrogen and oxygen atoms in total. The molecule has 1 rings (SSSR count). The van der Waals surface area contributed by atoms with E-state index in [-0.39, 0.29) is 5.75 Å². The predicted octanol–water partition coefficient (Wildman–Crippen LogP) is 2.97. The second-order valence-electron chi connectivity index (χ2n) is 3.85. The molecule has 0 aliphatic rings. The molecule has 0 heterocycles. The maximum Gasteiger partial charge on any atom is 0.387 e. The van der Waals surface area contributed by atoms with Gasteiger partial charge in [-0.1, -0.05) is 24.3 Å². The summed E-state index contributed by atoms with van der Waals surface area (Å²) < 4.78 is 34.1. The van der Waals surface area contributed by atoms with Crippen molar-refractivity contribution in [1.29, 1.82) is 0 Å². The highest BCUT2D eigenvalue weighted by molar-refractivity contribution is 5.33. The second-order valence-corrected chi connectivity index (χ2v) is 3.85. The molecule has 0 unspecified atom stereocenters. The Balaban J connectivity index is 2.26. The van der Waals surface area contributed by atoms with Gasteiger partial charge in [-0.2, -0.15) is 8.78 Å².